The molecular formula is C14H12BrFN4. The summed E-state index contributed by atoms with van der Waals surface area (Å²) in [5, 5.41) is 11.9. The van der Waals surface area contributed by atoms with Crippen molar-refractivity contribution in [2.75, 3.05) is 5.32 Å². The molecule has 1 aromatic carbocycles. The zero-order chi connectivity index (χ0) is 14.5. The zero-order valence-corrected chi connectivity index (χ0v) is 12.4. The van der Waals surface area contributed by atoms with Gasteiger partial charge in [0.15, 0.2) is 0 Å². The Morgan fingerprint density at radius 1 is 1.35 bits per heavy atom. The van der Waals surface area contributed by atoms with Gasteiger partial charge in [0, 0.05) is 18.2 Å². The first kappa shape index (κ1) is 14.4. The molecular weight excluding hydrogens is 323 g/mol. The Kier molecular flexibility index (Phi) is 4.64. The molecule has 0 saturated heterocycles. The second-order valence-corrected chi connectivity index (χ2v) is 4.99. The summed E-state index contributed by atoms with van der Waals surface area (Å²) in [4.78, 5) is 8.63. The van der Waals surface area contributed by atoms with Gasteiger partial charge in [-0.1, -0.05) is 6.92 Å². The fourth-order valence-electron chi connectivity index (χ4n) is 1.70. The highest BCUT2D eigenvalue weighted by atomic mass is 79.9. The van der Waals surface area contributed by atoms with Gasteiger partial charge in [0.05, 0.1) is 5.56 Å². The van der Waals surface area contributed by atoms with Gasteiger partial charge in [-0.25, -0.2) is 14.4 Å². The first-order valence-electron chi connectivity index (χ1n) is 6.12. The minimum absolute atomic E-state index is 0.00287. The molecule has 0 atom stereocenters. The summed E-state index contributed by atoms with van der Waals surface area (Å²) in [5.41, 5.74) is 0.605. The van der Waals surface area contributed by atoms with E-state index >= 15 is 0 Å². The minimum Gasteiger partial charge on any atom is -0.340 e. The van der Waals surface area contributed by atoms with Gasteiger partial charge in [0.25, 0.3) is 0 Å². The number of aromatic nitrogens is 2. The Balaban J connectivity index is 2.28. The van der Waals surface area contributed by atoms with E-state index in [-0.39, 0.29) is 5.56 Å². The van der Waals surface area contributed by atoms with Gasteiger partial charge in [-0.15, -0.1) is 0 Å². The average molecular weight is 335 g/mol. The monoisotopic (exact) mass is 334 g/mol. The first-order chi connectivity index (χ1) is 9.62. The highest BCUT2D eigenvalue weighted by Gasteiger charge is 2.06. The molecule has 0 aliphatic heterocycles. The van der Waals surface area contributed by atoms with Crippen LogP contribution in [0.2, 0.25) is 0 Å². The van der Waals surface area contributed by atoms with E-state index in [1.54, 1.807) is 12.1 Å². The number of hydrogen-bond acceptors (Lipinski definition) is 4. The Bertz CT molecular complexity index is 667. The molecule has 6 heteroatoms. The van der Waals surface area contributed by atoms with Crippen LogP contribution in [0.4, 0.5) is 15.9 Å². The predicted molar refractivity (Wildman–Crippen MR) is 78.1 cm³/mol. The molecule has 0 saturated carbocycles. The van der Waals surface area contributed by atoms with Crippen LogP contribution in [0.1, 0.15) is 24.7 Å². The SMILES string of the molecule is CCCc1nc(Br)cc(Nc2ccc(F)c(C#N)c2)n1. The van der Waals surface area contributed by atoms with E-state index in [1.807, 2.05) is 6.07 Å². The summed E-state index contributed by atoms with van der Waals surface area (Å²) < 4.78 is 13.9. The lowest BCUT2D eigenvalue weighted by molar-refractivity contribution is 0.624. The molecule has 0 amide bonds. The molecule has 0 aliphatic carbocycles. The van der Waals surface area contributed by atoms with Crippen molar-refractivity contribution in [1.82, 2.24) is 9.97 Å². The van der Waals surface area contributed by atoms with Crippen molar-refractivity contribution in [2.24, 2.45) is 0 Å². The zero-order valence-electron chi connectivity index (χ0n) is 10.8. The van der Waals surface area contributed by atoms with Crippen LogP contribution in [0.3, 0.4) is 0 Å². The van der Waals surface area contributed by atoms with Gasteiger partial charge in [0.1, 0.15) is 28.1 Å². The van der Waals surface area contributed by atoms with E-state index in [0.29, 0.717) is 16.1 Å². The molecule has 1 N–H and O–H groups in total. The average Bonchev–Trinajstić information content (AvgIpc) is 2.40. The highest BCUT2D eigenvalue weighted by Crippen LogP contribution is 2.20. The van der Waals surface area contributed by atoms with Crippen molar-refractivity contribution in [3.05, 3.63) is 46.1 Å². The van der Waals surface area contributed by atoms with Gasteiger partial charge >= 0.3 is 0 Å². The fourth-order valence-corrected chi connectivity index (χ4v) is 2.12. The molecule has 0 bridgehead atoms. The third-order valence-corrected chi connectivity index (χ3v) is 2.98. The normalized spacial score (nSPS) is 10.1. The summed E-state index contributed by atoms with van der Waals surface area (Å²) in [6.07, 6.45) is 1.73. The molecule has 2 rings (SSSR count). The van der Waals surface area contributed by atoms with E-state index in [4.69, 9.17) is 5.26 Å². The highest BCUT2D eigenvalue weighted by molar-refractivity contribution is 9.10. The maximum absolute atomic E-state index is 13.3. The number of aryl methyl sites for hydroxylation is 1. The second-order valence-electron chi connectivity index (χ2n) is 4.17. The quantitative estimate of drug-likeness (QED) is 0.860. The summed E-state index contributed by atoms with van der Waals surface area (Å²) in [5.74, 6) is 0.798. The summed E-state index contributed by atoms with van der Waals surface area (Å²) in [6, 6.07) is 7.80. The topological polar surface area (TPSA) is 61.6 Å². The van der Waals surface area contributed by atoms with Crippen LogP contribution in [-0.2, 0) is 6.42 Å². The van der Waals surface area contributed by atoms with Crippen molar-refractivity contribution < 1.29 is 4.39 Å². The number of nitrogens with zero attached hydrogens (tertiary/aromatic N) is 3. The lowest BCUT2D eigenvalue weighted by atomic mass is 10.2. The van der Waals surface area contributed by atoms with Crippen molar-refractivity contribution in [2.45, 2.75) is 19.8 Å². The van der Waals surface area contributed by atoms with Gasteiger partial charge < -0.3 is 5.32 Å². The summed E-state index contributed by atoms with van der Waals surface area (Å²) >= 11 is 3.33. The van der Waals surface area contributed by atoms with E-state index in [9.17, 15) is 4.39 Å². The Morgan fingerprint density at radius 3 is 2.85 bits per heavy atom. The fraction of sp³-hybridized carbons (Fsp3) is 0.214. The molecule has 0 unspecified atom stereocenters. The summed E-state index contributed by atoms with van der Waals surface area (Å²) in [6.45, 7) is 2.05. The molecule has 4 nitrogen and oxygen atoms in total. The number of rotatable bonds is 4. The number of nitriles is 1. The molecule has 102 valence electrons. The third-order valence-electron chi connectivity index (χ3n) is 2.57. The van der Waals surface area contributed by atoms with Crippen LogP contribution in [0.25, 0.3) is 0 Å². The Morgan fingerprint density at radius 2 is 2.15 bits per heavy atom. The molecule has 20 heavy (non-hydrogen) atoms. The minimum atomic E-state index is -0.534. The van der Waals surface area contributed by atoms with E-state index in [1.165, 1.54) is 12.1 Å². The third kappa shape index (κ3) is 3.52. The van der Waals surface area contributed by atoms with E-state index in [0.717, 1.165) is 18.7 Å². The van der Waals surface area contributed by atoms with E-state index in [2.05, 4.69) is 38.1 Å². The largest absolute Gasteiger partial charge is 0.340 e. The number of hydrogen-bond donors (Lipinski definition) is 1. The predicted octanol–water partition coefficient (Wildman–Crippen LogP) is 3.95. The standard InChI is InChI=1S/C14H12BrFN4/c1-2-3-13-19-12(15)7-14(20-13)18-10-4-5-11(16)9(6-10)8-17/h4-7H,2-3H2,1H3,(H,18,19,20). The van der Waals surface area contributed by atoms with Crippen molar-refractivity contribution in [3.8, 4) is 6.07 Å². The van der Waals surface area contributed by atoms with Crippen molar-refractivity contribution in [1.29, 1.82) is 5.26 Å². The molecule has 2 aromatic rings. The van der Waals surface area contributed by atoms with Crippen molar-refractivity contribution >= 4 is 27.4 Å². The van der Waals surface area contributed by atoms with Crippen molar-refractivity contribution in [3.63, 3.8) is 0 Å². The second kappa shape index (κ2) is 6.44. The van der Waals surface area contributed by atoms with Gasteiger partial charge in [-0.05, 0) is 40.5 Å². The molecule has 1 aromatic heterocycles. The summed E-state index contributed by atoms with van der Waals surface area (Å²) in [7, 11) is 0. The van der Waals surface area contributed by atoms with Gasteiger partial charge in [-0.2, -0.15) is 5.26 Å². The molecule has 1 heterocycles. The van der Waals surface area contributed by atoms with Gasteiger partial charge in [-0.3, -0.25) is 0 Å². The molecule has 0 radical (unpaired) electrons. The smallest absolute Gasteiger partial charge is 0.141 e. The lowest BCUT2D eigenvalue weighted by Gasteiger charge is -2.08. The van der Waals surface area contributed by atoms with E-state index < -0.39 is 5.82 Å². The number of anilines is 2. The number of halogens is 2. The first-order valence-corrected chi connectivity index (χ1v) is 6.92. The maximum Gasteiger partial charge on any atom is 0.141 e. The lowest BCUT2D eigenvalue weighted by Crippen LogP contribution is -2.01. The Hall–Kier alpha value is -2.00. The van der Waals surface area contributed by atoms with Crippen LogP contribution in [-0.4, -0.2) is 9.97 Å². The molecule has 0 aliphatic rings. The molecule has 0 fully saturated rings. The van der Waals surface area contributed by atoms with Crippen LogP contribution in [0.5, 0.6) is 0 Å². The number of nitrogens with one attached hydrogen (secondary N) is 1. The van der Waals surface area contributed by atoms with Crippen LogP contribution < -0.4 is 5.32 Å². The number of benzene rings is 1. The maximum atomic E-state index is 13.3. The van der Waals surface area contributed by atoms with Crippen LogP contribution >= 0.6 is 15.9 Å². The molecule has 0 spiro atoms. The van der Waals surface area contributed by atoms with Gasteiger partial charge in [0.2, 0.25) is 0 Å². The van der Waals surface area contributed by atoms with Crippen LogP contribution in [0.15, 0.2) is 28.9 Å². The Labute approximate surface area is 124 Å². The van der Waals surface area contributed by atoms with Crippen LogP contribution in [0, 0.1) is 17.1 Å².